The molecular weight excluding hydrogens is 264 g/mol. The molecule has 1 aromatic carbocycles. The largest absolute Gasteiger partial charge is 0.383 e. The lowest BCUT2D eigenvalue weighted by Crippen LogP contribution is -2.19. The van der Waals surface area contributed by atoms with Gasteiger partial charge in [0.05, 0.1) is 18.8 Å². The molecule has 0 spiro atoms. The third-order valence-electron chi connectivity index (χ3n) is 2.75. The van der Waals surface area contributed by atoms with Gasteiger partial charge in [-0.1, -0.05) is 0 Å². The first-order valence-electron chi connectivity index (χ1n) is 6.34. The first-order chi connectivity index (χ1) is 9.67. The third kappa shape index (κ3) is 4.40. The number of hydrogen-bond donors (Lipinski definition) is 1. The van der Waals surface area contributed by atoms with Gasteiger partial charge < -0.3 is 10.1 Å². The molecule has 0 aliphatic heterocycles. The Morgan fingerprint density at radius 3 is 2.70 bits per heavy atom. The minimum atomic E-state index is -0.575. The molecule has 0 unspecified atom stereocenters. The molecule has 0 aliphatic carbocycles. The minimum Gasteiger partial charge on any atom is -0.383 e. The van der Waals surface area contributed by atoms with Crippen molar-refractivity contribution in [2.24, 2.45) is 0 Å². The Kier molecular flexibility index (Phi) is 5.20. The van der Waals surface area contributed by atoms with E-state index >= 15 is 0 Å². The monoisotopic (exact) mass is 281 g/mol. The van der Waals surface area contributed by atoms with Gasteiger partial charge >= 0.3 is 0 Å². The normalized spacial score (nSPS) is 10.9. The third-order valence-corrected chi connectivity index (χ3v) is 2.75. The summed E-state index contributed by atoms with van der Waals surface area (Å²) in [5.74, 6) is -1.15. The molecule has 20 heavy (non-hydrogen) atoms. The molecule has 4 nitrogen and oxygen atoms in total. The fourth-order valence-electron chi connectivity index (χ4n) is 1.87. The summed E-state index contributed by atoms with van der Waals surface area (Å²) < 4.78 is 32.7. The van der Waals surface area contributed by atoms with Crippen LogP contribution in [0.15, 0.2) is 30.5 Å². The van der Waals surface area contributed by atoms with Gasteiger partial charge in [-0.05, 0) is 23.8 Å². The first kappa shape index (κ1) is 14.6. The van der Waals surface area contributed by atoms with Crippen molar-refractivity contribution in [3.63, 3.8) is 0 Å². The van der Waals surface area contributed by atoms with Crippen LogP contribution >= 0.6 is 0 Å². The van der Waals surface area contributed by atoms with Gasteiger partial charge in [-0.3, -0.25) is 4.68 Å². The van der Waals surface area contributed by atoms with Crippen LogP contribution in [0.2, 0.25) is 0 Å². The second-order valence-corrected chi connectivity index (χ2v) is 4.45. The molecule has 0 aliphatic rings. The van der Waals surface area contributed by atoms with Crippen LogP contribution in [0.4, 0.5) is 8.78 Å². The predicted molar refractivity (Wildman–Crippen MR) is 71.3 cm³/mol. The molecule has 0 bridgehead atoms. The van der Waals surface area contributed by atoms with E-state index < -0.39 is 11.6 Å². The number of aromatic nitrogens is 2. The Hall–Kier alpha value is -1.79. The lowest BCUT2D eigenvalue weighted by Gasteiger charge is -2.03. The molecule has 0 fully saturated rings. The maximum atomic E-state index is 13.1. The molecule has 0 atom stereocenters. The van der Waals surface area contributed by atoms with Crippen LogP contribution in [0.3, 0.4) is 0 Å². The molecule has 108 valence electrons. The van der Waals surface area contributed by atoms with Crippen molar-refractivity contribution in [3.05, 3.63) is 53.4 Å². The summed E-state index contributed by atoms with van der Waals surface area (Å²) >= 11 is 0. The number of nitrogens with one attached hydrogen (secondary N) is 1. The van der Waals surface area contributed by atoms with Crippen LogP contribution in [0.5, 0.6) is 0 Å². The van der Waals surface area contributed by atoms with Crippen molar-refractivity contribution in [1.82, 2.24) is 15.1 Å². The number of benzene rings is 1. The summed E-state index contributed by atoms with van der Waals surface area (Å²) in [5.41, 5.74) is 1.42. The summed E-state index contributed by atoms with van der Waals surface area (Å²) in [6, 6.07) is 5.34. The molecular formula is C14H17F2N3O. The predicted octanol–water partition coefficient (Wildman–Crippen LogP) is 1.95. The van der Waals surface area contributed by atoms with E-state index in [1.165, 1.54) is 12.1 Å². The average molecular weight is 281 g/mol. The summed E-state index contributed by atoms with van der Waals surface area (Å²) in [7, 11) is 1.65. The van der Waals surface area contributed by atoms with E-state index in [1.54, 1.807) is 18.0 Å². The van der Waals surface area contributed by atoms with Crippen molar-refractivity contribution in [2.75, 3.05) is 20.3 Å². The lowest BCUT2D eigenvalue weighted by molar-refractivity contribution is 0.199. The number of hydrogen-bond acceptors (Lipinski definition) is 3. The first-order valence-corrected chi connectivity index (χ1v) is 6.34. The Morgan fingerprint density at radius 1 is 1.25 bits per heavy atom. The molecule has 1 heterocycles. The van der Waals surface area contributed by atoms with Gasteiger partial charge in [0, 0.05) is 32.5 Å². The molecule has 2 rings (SSSR count). The van der Waals surface area contributed by atoms with Gasteiger partial charge in [-0.15, -0.1) is 0 Å². The molecule has 1 N–H and O–H groups in total. The highest BCUT2D eigenvalue weighted by Crippen LogP contribution is 2.09. The Bertz CT molecular complexity index is 537. The molecule has 0 saturated carbocycles. The quantitative estimate of drug-likeness (QED) is 0.788. The van der Waals surface area contributed by atoms with Gasteiger partial charge in [0.25, 0.3) is 0 Å². The minimum absolute atomic E-state index is 0.340. The summed E-state index contributed by atoms with van der Waals surface area (Å²) in [6.45, 7) is 2.36. The van der Waals surface area contributed by atoms with Gasteiger partial charge in [-0.2, -0.15) is 5.10 Å². The molecule has 0 amide bonds. The standard InChI is InChI=1S/C14H17F2N3O/c1-20-5-3-17-9-14-2-4-19(18-14)10-11-6-12(15)8-13(16)7-11/h2,4,6-8,17H,3,5,9-10H2,1H3. The lowest BCUT2D eigenvalue weighted by atomic mass is 10.2. The fraction of sp³-hybridized carbons (Fsp3) is 0.357. The van der Waals surface area contributed by atoms with Crippen LogP contribution in [0.25, 0.3) is 0 Å². The van der Waals surface area contributed by atoms with Crippen molar-refractivity contribution in [2.45, 2.75) is 13.1 Å². The maximum absolute atomic E-state index is 13.1. The number of methoxy groups -OCH3 is 1. The summed E-state index contributed by atoms with van der Waals surface area (Å²) in [4.78, 5) is 0. The zero-order valence-corrected chi connectivity index (χ0v) is 11.3. The van der Waals surface area contributed by atoms with Crippen LogP contribution in [-0.2, 0) is 17.8 Å². The average Bonchev–Trinajstić information content (AvgIpc) is 2.81. The van der Waals surface area contributed by atoms with Crippen molar-refractivity contribution >= 4 is 0 Å². The molecule has 0 saturated heterocycles. The number of halogens is 2. The SMILES string of the molecule is COCCNCc1ccn(Cc2cc(F)cc(F)c2)n1. The Morgan fingerprint density at radius 2 is 2.00 bits per heavy atom. The highest BCUT2D eigenvalue weighted by molar-refractivity contribution is 5.18. The Balaban J connectivity index is 1.92. The maximum Gasteiger partial charge on any atom is 0.126 e. The fourth-order valence-corrected chi connectivity index (χ4v) is 1.87. The van der Waals surface area contributed by atoms with E-state index in [4.69, 9.17) is 4.74 Å². The zero-order valence-electron chi connectivity index (χ0n) is 11.3. The Labute approximate surface area is 116 Å². The van der Waals surface area contributed by atoms with Crippen LogP contribution < -0.4 is 5.32 Å². The molecule has 6 heteroatoms. The van der Waals surface area contributed by atoms with Crippen molar-refractivity contribution < 1.29 is 13.5 Å². The van der Waals surface area contributed by atoms with Crippen molar-refractivity contribution in [1.29, 1.82) is 0 Å². The van der Waals surface area contributed by atoms with E-state index in [9.17, 15) is 8.78 Å². The van der Waals surface area contributed by atoms with E-state index in [0.717, 1.165) is 18.3 Å². The van der Waals surface area contributed by atoms with Gasteiger partial charge in [0.1, 0.15) is 11.6 Å². The van der Waals surface area contributed by atoms with Gasteiger partial charge in [-0.25, -0.2) is 8.78 Å². The second kappa shape index (κ2) is 7.12. The molecule has 1 aromatic heterocycles. The van der Waals surface area contributed by atoms with Crippen molar-refractivity contribution in [3.8, 4) is 0 Å². The van der Waals surface area contributed by atoms with Gasteiger partial charge in [0.2, 0.25) is 0 Å². The second-order valence-electron chi connectivity index (χ2n) is 4.45. The summed E-state index contributed by atoms with van der Waals surface area (Å²) in [5, 5.41) is 7.51. The van der Waals surface area contributed by atoms with Gasteiger partial charge in [0.15, 0.2) is 0 Å². The number of ether oxygens (including phenoxy) is 1. The highest BCUT2D eigenvalue weighted by atomic mass is 19.1. The van der Waals surface area contributed by atoms with Crippen LogP contribution in [0.1, 0.15) is 11.3 Å². The summed E-state index contributed by atoms with van der Waals surface area (Å²) in [6.07, 6.45) is 1.79. The molecule has 0 radical (unpaired) electrons. The van der Waals surface area contributed by atoms with E-state index in [2.05, 4.69) is 10.4 Å². The molecule has 2 aromatic rings. The van der Waals surface area contributed by atoms with E-state index in [-0.39, 0.29) is 0 Å². The zero-order chi connectivity index (χ0) is 14.4. The number of nitrogens with zero attached hydrogens (tertiary/aromatic N) is 2. The smallest absolute Gasteiger partial charge is 0.126 e. The van der Waals surface area contributed by atoms with Crippen LogP contribution in [-0.4, -0.2) is 30.0 Å². The highest BCUT2D eigenvalue weighted by Gasteiger charge is 2.03. The van der Waals surface area contributed by atoms with Crippen LogP contribution in [0, 0.1) is 11.6 Å². The topological polar surface area (TPSA) is 39.1 Å². The van der Waals surface area contributed by atoms with E-state index in [1.807, 2.05) is 6.07 Å². The number of rotatable bonds is 7. The van der Waals surface area contributed by atoms with E-state index in [0.29, 0.717) is 25.3 Å².